The molecule has 0 aliphatic rings. The highest BCUT2D eigenvalue weighted by molar-refractivity contribution is 7.12. The Hall–Kier alpha value is -1.59. The molecule has 0 atom stereocenters. The molecule has 0 aromatic carbocycles. The monoisotopic (exact) mass is 296 g/mol. The lowest BCUT2D eigenvalue weighted by atomic mass is 10.3. The van der Waals surface area contributed by atoms with Crippen LogP contribution in [0.15, 0.2) is 24.3 Å². The van der Waals surface area contributed by atoms with Gasteiger partial charge in [0.2, 0.25) is 0 Å². The van der Waals surface area contributed by atoms with Crippen molar-refractivity contribution in [1.82, 2.24) is 4.98 Å². The van der Waals surface area contributed by atoms with E-state index in [9.17, 15) is 4.79 Å². The van der Waals surface area contributed by atoms with Crippen LogP contribution in [-0.4, -0.2) is 16.1 Å². The number of aryl methyl sites for hydroxylation is 1. The van der Waals surface area contributed by atoms with Crippen LogP contribution in [0.4, 0.5) is 5.82 Å². The van der Waals surface area contributed by atoms with Crippen molar-refractivity contribution in [3.63, 3.8) is 0 Å². The molecule has 0 unspecified atom stereocenters. The number of anilines is 1. The standard InChI is InChI=1S/C13H13ClN2O2S/c1-2-8-3-4-9(19-8)7-15-11-6-5-10(14)12(16-11)13(17)18/h3-6H,2,7H2,1H3,(H,15,16)(H,17,18). The molecule has 0 saturated heterocycles. The second-order valence-electron chi connectivity index (χ2n) is 3.91. The number of nitrogens with zero attached hydrogens (tertiary/aromatic N) is 1. The van der Waals surface area contributed by atoms with E-state index in [4.69, 9.17) is 16.7 Å². The first-order valence-corrected chi connectivity index (χ1v) is 7.01. The Kier molecular flexibility index (Phi) is 4.39. The number of rotatable bonds is 5. The zero-order valence-electron chi connectivity index (χ0n) is 10.3. The lowest BCUT2D eigenvalue weighted by Gasteiger charge is -2.05. The number of aromatic nitrogens is 1. The Labute approximate surface area is 120 Å². The van der Waals surface area contributed by atoms with E-state index < -0.39 is 5.97 Å². The molecule has 2 aromatic rings. The number of thiophene rings is 1. The summed E-state index contributed by atoms with van der Waals surface area (Å²) >= 11 is 7.49. The molecular weight excluding hydrogens is 284 g/mol. The summed E-state index contributed by atoms with van der Waals surface area (Å²) in [6, 6.07) is 7.36. The Bertz CT molecular complexity index is 598. The molecule has 0 spiro atoms. The van der Waals surface area contributed by atoms with Gasteiger partial charge < -0.3 is 10.4 Å². The highest BCUT2D eigenvalue weighted by Gasteiger charge is 2.11. The van der Waals surface area contributed by atoms with E-state index in [2.05, 4.69) is 29.4 Å². The molecule has 2 N–H and O–H groups in total. The third-order valence-corrected chi connectivity index (χ3v) is 4.09. The summed E-state index contributed by atoms with van der Waals surface area (Å²) in [6.07, 6.45) is 1.02. The summed E-state index contributed by atoms with van der Waals surface area (Å²) in [5.41, 5.74) is -0.132. The minimum Gasteiger partial charge on any atom is -0.476 e. The van der Waals surface area contributed by atoms with Crippen LogP contribution in [-0.2, 0) is 13.0 Å². The van der Waals surface area contributed by atoms with E-state index >= 15 is 0 Å². The zero-order valence-corrected chi connectivity index (χ0v) is 11.9. The number of nitrogens with one attached hydrogen (secondary N) is 1. The van der Waals surface area contributed by atoms with Crippen LogP contribution in [0.5, 0.6) is 0 Å². The summed E-state index contributed by atoms with van der Waals surface area (Å²) < 4.78 is 0. The van der Waals surface area contributed by atoms with Gasteiger partial charge in [0.15, 0.2) is 5.69 Å². The molecule has 0 radical (unpaired) electrons. The van der Waals surface area contributed by atoms with Crippen LogP contribution in [0.25, 0.3) is 0 Å². The van der Waals surface area contributed by atoms with Crippen molar-refractivity contribution < 1.29 is 9.90 Å². The van der Waals surface area contributed by atoms with E-state index in [0.29, 0.717) is 12.4 Å². The first kappa shape index (κ1) is 13.8. The SMILES string of the molecule is CCc1ccc(CNc2ccc(Cl)c(C(=O)O)n2)s1. The lowest BCUT2D eigenvalue weighted by Crippen LogP contribution is -2.06. The van der Waals surface area contributed by atoms with E-state index in [0.717, 1.165) is 6.42 Å². The van der Waals surface area contributed by atoms with E-state index in [-0.39, 0.29) is 10.7 Å². The highest BCUT2D eigenvalue weighted by Crippen LogP contribution is 2.20. The number of halogens is 1. The number of carbonyl (C=O) groups is 1. The van der Waals surface area contributed by atoms with E-state index in [1.807, 2.05) is 0 Å². The molecule has 2 rings (SSSR count). The minimum atomic E-state index is -1.13. The van der Waals surface area contributed by atoms with E-state index in [1.165, 1.54) is 15.8 Å². The van der Waals surface area contributed by atoms with Crippen molar-refractivity contribution >= 4 is 34.7 Å². The van der Waals surface area contributed by atoms with Crippen molar-refractivity contribution in [2.75, 3.05) is 5.32 Å². The average Bonchev–Trinajstić information content (AvgIpc) is 2.85. The van der Waals surface area contributed by atoms with Crippen molar-refractivity contribution in [1.29, 1.82) is 0 Å². The number of aromatic carboxylic acids is 1. The molecule has 4 nitrogen and oxygen atoms in total. The molecule has 0 aliphatic carbocycles. The summed E-state index contributed by atoms with van der Waals surface area (Å²) in [6.45, 7) is 2.74. The molecule has 6 heteroatoms. The van der Waals surface area contributed by atoms with Gasteiger partial charge in [-0.2, -0.15) is 0 Å². The van der Waals surface area contributed by atoms with Gasteiger partial charge in [-0.25, -0.2) is 9.78 Å². The van der Waals surface area contributed by atoms with E-state index in [1.54, 1.807) is 17.4 Å². The third-order valence-electron chi connectivity index (χ3n) is 2.56. The smallest absolute Gasteiger partial charge is 0.356 e. The molecule has 19 heavy (non-hydrogen) atoms. The fourth-order valence-electron chi connectivity index (χ4n) is 1.58. The van der Waals surface area contributed by atoms with Gasteiger partial charge in [0.1, 0.15) is 5.82 Å². The highest BCUT2D eigenvalue weighted by atomic mass is 35.5. The number of carboxylic acid groups (broad SMARTS) is 1. The molecule has 100 valence electrons. The predicted molar refractivity (Wildman–Crippen MR) is 77.2 cm³/mol. The quantitative estimate of drug-likeness (QED) is 0.884. The number of carboxylic acids is 1. The van der Waals surface area contributed by atoms with Crippen molar-refractivity contribution in [2.45, 2.75) is 19.9 Å². The average molecular weight is 297 g/mol. The number of pyridine rings is 1. The van der Waals surface area contributed by atoms with Crippen LogP contribution in [0.1, 0.15) is 27.2 Å². The molecule has 2 aromatic heterocycles. The van der Waals surface area contributed by atoms with Gasteiger partial charge in [-0.1, -0.05) is 18.5 Å². The van der Waals surface area contributed by atoms with Gasteiger partial charge in [0.05, 0.1) is 11.6 Å². The van der Waals surface area contributed by atoms with Crippen molar-refractivity contribution in [3.05, 3.63) is 44.7 Å². The molecule has 0 fully saturated rings. The maximum Gasteiger partial charge on any atom is 0.356 e. The molecule has 2 heterocycles. The van der Waals surface area contributed by atoms with Crippen LogP contribution in [0.3, 0.4) is 0 Å². The first-order chi connectivity index (χ1) is 9.10. The van der Waals surface area contributed by atoms with Gasteiger partial charge in [-0.3, -0.25) is 0 Å². The van der Waals surface area contributed by atoms with Gasteiger partial charge in [-0.15, -0.1) is 11.3 Å². The van der Waals surface area contributed by atoms with Crippen molar-refractivity contribution in [3.8, 4) is 0 Å². The molecule has 0 saturated carbocycles. The van der Waals surface area contributed by atoms with Crippen LogP contribution in [0, 0.1) is 0 Å². The Morgan fingerprint density at radius 2 is 2.11 bits per heavy atom. The summed E-state index contributed by atoms with van der Waals surface area (Å²) in [5, 5.41) is 12.2. The molecule has 0 amide bonds. The topological polar surface area (TPSA) is 62.2 Å². The van der Waals surface area contributed by atoms with Gasteiger partial charge in [0.25, 0.3) is 0 Å². The summed E-state index contributed by atoms with van der Waals surface area (Å²) in [5.74, 6) is -0.619. The van der Waals surface area contributed by atoms with Crippen LogP contribution in [0.2, 0.25) is 5.02 Å². The Morgan fingerprint density at radius 3 is 2.74 bits per heavy atom. The number of hydrogen-bond donors (Lipinski definition) is 2. The summed E-state index contributed by atoms with van der Waals surface area (Å²) in [4.78, 5) is 17.4. The summed E-state index contributed by atoms with van der Waals surface area (Å²) in [7, 11) is 0. The second kappa shape index (κ2) is 6.04. The minimum absolute atomic E-state index is 0.132. The maximum atomic E-state index is 10.9. The maximum absolute atomic E-state index is 10.9. The predicted octanol–water partition coefficient (Wildman–Crippen LogP) is 3.67. The fraction of sp³-hybridized carbons (Fsp3) is 0.231. The largest absolute Gasteiger partial charge is 0.476 e. The fourth-order valence-corrected chi connectivity index (χ4v) is 2.66. The zero-order chi connectivity index (χ0) is 13.8. The molecular formula is C13H13ClN2O2S. The van der Waals surface area contributed by atoms with Crippen molar-refractivity contribution in [2.24, 2.45) is 0 Å². The van der Waals surface area contributed by atoms with Gasteiger partial charge in [0, 0.05) is 9.75 Å². The molecule has 0 aliphatic heterocycles. The lowest BCUT2D eigenvalue weighted by molar-refractivity contribution is 0.0691. The first-order valence-electron chi connectivity index (χ1n) is 5.81. The normalized spacial score (nSPS) is 10.4. The Morgan fingerprint density at radius 1 is 1.37 bits per heavy atom. The van der Waals surface area contributed by atoms with Crippen LogP contribution < -0.4 is 5.32 Å². The molecule has 0 bridgehead atoms. The van der Waals surface area contributed by atoms with Gasteiger partial charge in [-0.05, 0) is 30.7 Å². The van der Waals surface area contributed by atoms with Gasteiger partial charge >= 0.3 is 5.97 Å². The van der Waals surface area contributed by atoms with Crippen LogP contribution >= 0.6 is 22.9 Å². The Balaban J connectivity index is 2.07. The second-order valence-corrected chi connectivity index (χ2v) is 5.57. The number of hydrogen-bond acceptors (Lipinski definition) is 4. The third kappa shape index (κ3) is 3.45.